The topological polar surface area (TPSA) is 114 Å². The van der Waals surface area contributed by atoms with Crippen molar-refractivity contribution in [2.45, 2.75) is 19.4 Å². The van der Waals surface area contributed by atoms with Gasteiger partial charge in [-0.2, -0.15) is 5.10 Å². The van der Waals surface area contributed by atoms with Crippen molar-refractivity contribution in [2.75, 3.05) is 25.6 Å². The Morgan fingerprint density at radius 1 is 1.40 bits per heavy atom. The highest BCUT2D eigenvalue weighted by molar-refractivity contribution is 7.91. The summed E-state index contributed by atoms with van der Waals surface area (Å²) in [5.74, 6) is -0.291. The van der Waals surface area contributed by atoms with Crippen molar-refractivity contribution in [1.82, 2.24) is 25.0 Å². The summed E-state index contributed by atoms with van der Waals surface area (Å²) in [5, 5.41) is 7.47. The minimum absolute atomic E-state index is 0.0466. The van der Waals surface area contributed by atoms with E-state index in [0.717, 1.165) is 4.90 Å². The number of carbonyl (C=O) groups is 2. The number of nitrogens with one attached hydrogen (secondary N) is 1. The maximum absolute atomic E-state index is 12.4. The highest BCUT2D eigenvalue weighted by Gasteiger charge is 2.31. The molecule has 0 bridgehead atoms. The molecule has 1 saturated heterocycles. The average Bonchev–Trinajstić information content (AvgIpc) is 3.12. The molecule has 1 fully saturated rings. The molecule has 134 valence electrons. The monoisotopic (exact) mass is 365 g/mol. The second-order valence-electron chi connectivity index (χ2n) is 6.10. The summed E-state index contributed by atoms with van der Waals surface area (Å²) in [6.07, 6.45) is 1.88. The van der Waals surface area contributed by atoms with Gasteiger partial charge in [-0.25, -0.2) is 22.9 Å². The number of hydrogen-bond donors (Lipinski definition) is 1. The Bertz CT molecular complexity index is 966. The quantitative estimate of drug-likeness (QED) is 0.829. The van der Waals surface area contributed by atoms with E-state index in [1.54, 1.807) is 17.7 Å². The zero-order valence-corrected chi connectivity index (χ0v) is 15.0. The van der Waals surface area contributed by atoms with E-state index in [2.05, 4.69) is 15.4 Å². The molecule has 2 aromatic rings. The van der Waals surface area contributed by atoms with Crippen molar-refractivity contribution >= 4 is 32.8 Å². The van der Waals surface area contributed by atoms with Crippen molar-refractivity contribution in [2.24, 2.45) is 0 Å². The first-order valence-electron chi connectivity index (χ1n) is 7.78. The molecule has 1 atom stereocenters. The molecule has 0 saturated carbocycles. The van der Waals surface area contributed by atoms with Crippen LogP contribution in [0.3, 0.4) is 0 Å². The SMILES string of the molecule is CNC(=O)N(C)C(=O)c1cnc2c(c1)c(C)nn2C1CCS(=O)(=O)C1. The lowest BCUT2D eigenvalue weighted by atomic mass is 10.2. The number of amides is 3. The van der Waals surface area contributed by atoms with Crippen LogP contribution in [0.5, 0.6) is 0 Å². The van der Waals surface area contributed by atoms with Crippen LogP contribution in [0.25, 0.3) is 11.0 Å². The van der Waals surface area contributed by atoms with E-state index in [4.69, 9.17) is 0 Å². The number of aromatic nitrogens is 3. The van der Waals surface area contributed by atoms with Gasteiger partial charge in [0, 0.05) is 25.7 Å². The second kappa shape index (κ2) is 6.10. The smallest absolute Gasteiger partial charge is 0.323 e. The van der Waals surface area contributed by atoms with Crippen LogP contribution in [0.4, 0.5) is 4.79 Å². The van der Waals surface area contributed by atoms with Crippen LogP contribution in [-0.4, -0.2) is 65.6 Å². The van der Waals surface area contributed by atoms with Gasteiger partial charge < -0.3 is 5.32 Å². The minimum Gasteiger partial charge on any atom is -0.341 e. The Labute approximate surface area is 144 Å². The molecule has 0 aliphatic carbocycles. The van der Waals surface area contributed by atoms with Gasteiger partial charge in [-0.05, 0) is 19.4 Å². The van der Waals surface area contributed by atoms with Crippen LogP contribution < -0.4 is 5.32 Å². The van der Waals surface area contributed by atoms with Crippen LogP contribution in [0.2, 0.25) is 0 Å². The van der Waals surface area contributed by atoms with Gasteiger partial charge in [0.25, 0.3) is 5.91 Å². The number of imide groups is 1. The fourth-order valence-corrected chi connectivity index (χ4v) is 4.65. The van der Waals surface area contributed by atoms with Crippen LogP contribution in [0, 0.1) is 6.92 Å². The van der Waals surface area contributed by atoms with E-state index in [1.807, 2.05) is 0 Å². The maximum Gasteiger partial charge on any atom is 0.323 e. The van der Waals surface area contributed by atoms with Gasteiger partial charge in [-0.3, -0.25) is 9.69 Å². The molecular formula is C15H19N5O4S. The molecule has 1 aliphatic heterocycles. The third-order valence-electron chi connectivity index (χ3n) is 4.36. The molecule has 0 spiro atoms. The molecule has 0 aromatic carbocycles. The normalized spacial score (nSPS) is 19.1. The van der Waals surface area contributed by atoms with Crippen molar-refractivity contribution in [1.29, 1.82) is 0 Å². The highest BCUT2D eigenvalue weighted by atomic mass is 32.2. The molecule has 3 amide bonds. The lowest BCUT2D eigenvalue weighted by molar-refractivity contribution is 0.0832. The number of pyridine rings is 1. The van der Waals surface area contributed by atoms with Crippen molar-refractivity contribution in [3.63, 3.8) is 0 Å². The van der Waals surface area contributed by atoms with Gasteiger partial charge in [0.05, 0.1) is 28.8 Å². The van der Waals surface area contributed by atoms with E-state index in [-0.39, 0.29) is 23.1 Å². The summed E-state index contributed by atoms with van der Waals surface area (Å²) in [6, 6.07) is 0.865. The van der Waals surface area contributed by atoms with Crippen LogP contribution in [-0.2, 0) is 9.84 Å². The largest absolute Gasteiger partial charge is 0.341 e. The Balaban J connectivity index is 1.99. The van der Waals surface area contributed by atoms with Gasteiger partial charge >= 0.3 is 6.03 Å². The molecule has 1 N–H and O–H groups in total. The maximum atomic E-state index is 12.4. The zero-order valence-electron chi connectivity index (χ0n) is 14.2. The summed E-state index contributed by atoms with van der Waals surface area (Å²) in [4.78, 5) is 29.2. The van der Waals surface area contributed by atoms with E-state index in [1.165, 1.54) is 20.3 Å². The minimum atomic E-state index is -3.04. The van der Waals surface area contributed by atoms with Crippen molar-refractivity contribution in [3.05, 3.63) is 23.5 Å². The lowest BCUT2D eigenvalue weighted by Crippen LogP contribution is -2.39. The third kappa shape index (κ3) is 3.09. The Morgan fingerprint density at radius 2 is 2.12 bits per heavy atom. The number of sulfone groups is 1. The predicted molar refractivity (Wildman–Crippen MR) is 91.1 cm³/mol. The second-order valence-corrected chi connectivity index (χ2v) is 8.33. The Morgan fingerprint density at radius 3 is 2.72 bits per heavy atom. The lowest BCUT2D eigenvalue weighted by Gasteiger charge is -2.14. The number of fused-ring (bicyclic) bond motifs is 1. The number of hydrogen-bond acceptors (Lipinski definition) is 6. The van der Waals surface area contributed by atoms with Gasteiger partial charge in [-0.15, -0.1) is 0 Å². The highest BCUT2D eigenvalue weighted by Crippen LogP contribution is 2.28. The number of nitrogens with zero attached hydrogens (tertiary/aromatic N) is 4. The fraction of sp³-hybridized carbons (Fsp3) is 0.467. The van der Waals surface area contributed by atoms with Crippen LogP contribution in [0.15, 0.2) is 12.3 Å². The summed E-state index contributed by atoms with van der Waals surface area (Å²) in [5.41, 5.74) is 1.46. The average molecular weight is 365 g/mol. The number of urea groups is 1. The molecule has 1 unspecified atom stereocenters. The first-order valence-corrected chi connectivity index (χ1v) is 9.60. The number of rotatable bonds is 2. The summed E-state index contributed by atoms with van der Waals surface area (Å²) < 4.78 is 25.1. The third-order valence-corrected chi connectivity index (χ3v) is 6.11. The molecule has 3 heterocycles. The van der Waals surface area contributed by atoms with Gasteiger partial charge in [0.15, 0.2) is 15.5 Å². The molecule has 3 rings (SSSR count). The van der Waals surface area contributed by atoms with Crippen LogP contribution in [0.1, 0.15) is 28.5 Å². The van der Waals surface area contributed by atoms with Crippen molar-refractivity contribution < 1.29 is 18.0 Å². The summed E-state index contributed by atoms with van der Waals surface area (Å²) in [7, 11) is -0.220. The van der Waals surface area contributed by atoms with Gasteiger partial charge in [0.1, 0.15) is 0 Å². The molecule has 10 heteroatoms. The Kier molecular flexibility index (Phi) is 4.23. The first-order chi connectivity index (χ1) is 11.7. The zero-order chi connectivity index (χ0) is 18.4. The molecule has 0 radical (unpaired) electrons. The first kappa shape index (κ1) is 17.3. The van der Waals surface area contributed by atoms with Gasteiger partial charge in [-0.1, -0.05) is 0 Å². The van der Waals surface area contributed by atoms with Gasteiger partial charge in [0.2, 0.25) is 0 Å². The summed E-state index contributed by atoms with van der Waals surface area (Å²) >= 11 is 0. The molecular weight excluding hydrogens is 346 g/mol. The standard InChI is InChI=1S/C15H19N5O4S/c1-9-12-6-10(14(21)19(3)15(22)16-2)7-17-13(12)20(18-9)11-4-5-25(23,24)8-11/h6-7,11H,4-5,8H2,1-3H3,(H,16,22). The van der Waals surface area contributed by atoms with E-state index in [0.29, 0.717) is 23.1 Å². The molecule has 1 aliphatic rings. The number of carbonyl (C=O) groups excluding carboxylic acids is 2. The van der Waals surface area contributed by atoms with E-state index in [9.17, 15) is 18.0 Å². The predicted octanol–water partition coefficient (Wildman–Crippen LogP) is 0.511. The molecule has 9 nitrogen and oxygen atoms in total. The number of aryl methyl sites for hydroxylation is 1. The molecule has 2 aromatic heterocycles. The Hall–Kier alpha value is -2.49. The van der Waals surface area contributed by atoms with E-state index < -0.39 is 21.8 Å². The van der Waals surface area contributed by atoms with E-state index >= 15 is 0 Å². The fourth-order valence-electron chi connectivity index (χ4n) is 2.96. The van der Waals surface area contributed by atoms with Crippen LogP contribution >= 0.6 is 0 Å². The summed E-state index contributed by atoms with van der Waals surface area (Å²) in [6.45, 7) is 1.78. The molecule has 25 heavy (non-hydrogen) atoms. The van der Waals surface area contributed by atoms with Crippen molar-refractivity contribution in [3.8, 4) is 0 Å².